The van der Waals surface area contributed by atoms with Gasteiger partial charge >= 0.3 is 0 Å². The molecule has 0 fully saturated rings. The van der Waals surface area contributed by atoms with Crippen molar-refractivity contribution in [1.29, 1.82) is 0 Å². The number of benzene rings is 1. The van der Waals surface area contributed by atoms with Crippen molar-refractivity contribution in [3.63, 3.8) is 0 Å². The maximum atomic E-state index is 5.82. The molecule has 0 spiro atoms. The fourth-order valence-corrected chi connectivity index (χ4v) is 7.83. The Kier molecular flexibility index (Phi) is 7.00. The van der Waals surface area contributed by atoms with Crippen molar-refractivity contribution >= 4 is 45.4 Å². The number of rotatable bonds is 5. The highest BCUT2D eigenvalue weighted by Crippen LogP contribution is 2.46. The smallest absolute Gasteiger partial charge is 0.127 e. The van der Waals surface area contributed by atoms with Gasteiger partial charge in [-0.25, -0.2) is 0 Å². The number of likely N-dealkylation sites (N-methyl/N-ethyl adjacent to an activating group) is 1. The summed E-state index contributed by atoms with van der Waals surface area (Å²) in [5.41, 5.74) is 3.16. The van der Waals surface area contributed by atoms with Gasteiger partial charge in [-0.2, -0.15) is 12.6 Å². The average Bonchev–Trinajstić information content (AvgIpc) is 3.35. The van der Waals surface area contributed by atoms with E-state index in [9.17, 15) is 0 Å². The lowest BCUT2D eigenvalue weighted by atomic mass is 9.86. The topological polar surface area (TPSA) is 12.5 Å². The second-order valence-corrected chi connectivity index (χ2v) is 15.4. The summed E-state index contributed by atoms with van der Waals surface area (Å²) in [6, 6.07) is 9.85. The highest BCUT2D eigenvalue weighted by Gasteiger charge is 2.35. The van der Waals surface area contributed by atoms with Crippen molar-refractivity contribution in [2.24, 2.45) is 0 Å². The van der Waals surface area contributed by atoms with E-state index >= 15 is 0 Å². The number of methoxy groups -OCH3 is 1. The predicted octanol–water partition coefficient (Wildman–Crippen LogP) is 8.55. The molecule has 0 aliphatic carbocycles. The highest BCUT2D eigenvalue weighted by molar-refractivity contribution is 7.81. The van der Waals surface area contributed by atoms with Gasteiger partial charge in [-0.1, -0.05) is 48.5 Å². The third-order valence-electron chi connectivity index (χ3n) is 7.20. The zero-order valence-corrected chi connectivity index (χ0v) is 24.9. The molecule has 0 saturated carbocycles. The molecule has 34 heavy (non-hydrogen) atoms. The van der Waals surface area contributed by atoms with Crippen molar-refractivity contribution in [1.82, 2.24) is 4.90 Å². The van der Waals surface area contributed by atoms with Gasteiger partial charge in [0, 0.05) is 42.1 Å². The lowest BCUT2D eigenvalue weighted by Gasteiger charge is -2.38. The Labute approximate surface area is 220 Å². The Morgan fingerprint density at radius 1 is 0.971 bits per heavy atom. The van der Waals surface area contributed by atoms with Gasteiger partial charge in [0.15, 0.2) is 0 Å². The molecule has 0 radical (unpaired) electrons. The van der Waals surface area contributed by atoms with Gasteiger partial charge in [-0.15, -0.1) is 22.7 Å². The number of hydrogen-bond acceptors (Lipinski definition) is 5. The van der Waals surface area contributed by atoms with Crippen LogP contribution in [0.15, 0.2) is 24.3 Å². The minimum atomic E-state index is -0.198. The number of ether oxygens (including phenoxy) is 1. The number of nitrogens with zero attached hydrogens (tertiary/aromatic N) is 1. The minimum absolute atomic E-state index is 0.0872. The Hall–Kier alpha value is -1.01. The summed E-state index contributed by atoms with van der Waals surface area (Å²) in [5.74, 6) is 0.972. The van der Waals surface area contributed by atoms with Crippen molar-refractivity contribution < 1.29 is 4.74 Å². The molecule has 2 nitrogen and oxygen atoms in total. The van der Waals surface area contributed by atoms with Crippen LogP contribution in [0.2, 0.25) is 0 Å². The van der Waals surface area contributed by atoms with Gasteiger partial charge in [0.2, 0.25) is 0 Å². The summed E-state index contributed by atoms with van der Waals surface area (Å²) >= 11 is 9.20. The lowest BCUT2D eigenvalue weighted by molar-refractivity contribution is 0.164. The van der Waals surface area contributed by atoms with Crippen LogP contribution in [0.5, 0.6) is 5.75 Å². The van der Waals surface area contributed by atoms with Gasteiger partial charge in [-0.05, 0) is 72.5 Å². The Morgan fingerprint density at radius 2 is 1.68 bits per heavy atom. The molecule has 3 aromatic rings. The molecular weight excluding hydrogens is 475 g/mol. The minimum Gasteiger partial charge on any atom is -0.496 e. The summed E-state index contributed by atoms with van der Waals surface area (Å²) in [4.78, 5) is 7.07. The van der Waals surface area contributed by atoms with Gasteiger partial charge in [-0.3, -0.25) is 4.90 Å². The SMILES string of the molecule is CCN1Cc2cc(C(C)(C)C)sc2CC1CC(C)(S)c1cc2c(OC)cc(C(C)(C)C)cc2s1. The molecule has 0 amide bonds. The van der Waals surface area contributed by atoms with E-state index in [1.165, 1.54) is 31.0 Å². The first-order valence-corrected chi connectivity index (χ1v) is 14.5. The highest BCUT2D eigenvalue weighted by atomic mass is 32.1. The fourth-order valence-electron chi connectivity index (χ4n) is 4.94. The molecule has 1 aliphatic heterocycles. The Bertz CT molecular complexity index is 1170. The van der Waals surface area contributed by atoms with Crippen LogP contribution in [0, 0.1) is 0 Å². The van der Waals surface area contributed by atoms with Crippen molar-refractivity contribution in [2.45, 2.75) is 96.4 Å². The Balaban J connectivity index is 1.65. The summed E-state index contributed by atoms with van der Waals surface area (Å²) in [5, 5.41) is 1.21. The van der Waals surface area contributed by atoms with E-state index in [-0.39, 0.29) is 15.6 Å². The number of hydrogen-bond donors (Lipinski definition) is 1. The van der Waals surface area contributed by atoms with E-state index in [0.29, 0.717) is 6.04 Å². The summed E-state index contributed by atoms with van der Waals surface area (Å²) in [7, 11) is 1.78. The molecule has 4 rings (SSSR count). The second kappa shape index (κ2) is 9.14. The van der Waals surface area contributed by atoms with Crippen LogP contribution >= 0.6 is 35.3 Å². The fraction of sp³-hybridized carbons (Fsp3) is 0.586. The van der Waals surface area contributed by atoms with E-state index < -0.39 is 0 Å². The third kappa shape index (κ3) is 5.09. The maximum absolute atomic E-state index is 5.82. The van der Waals surface area contributed by atoms with Gasteiger partial charge < -0.3 is 4.74 Å². The zero-order chi connectivity index (χ0) is 25.1. The van der Waals surface area contributed by atoms with E-state index in [1.807, 2.05) is 22.7 Å². The van der Waals surface area contributed by atoms with Crippen LogP contribution in [0.4, 0.5) is 0 Å². The predicted molar refractivity (Wildman–Crippen MR) is 155 cm³/mol. The number of thiol groups is 1. The number of thiophene rings is 2. The van der Waals surface area contributed by atoms with Gasteiger partial charge in [0.05, 0.1) is 7.11 Å². The van der Waals surface area contributed by atoms with Gasteiger partial charge in [0.25, 0.3) is 0 Å². The molecule has 3 heterocycles. The molecule has 2 aromatic heterocycles. The van der Waals surface area contributed by atoms with Crippen LogP contribution < -0.4 is 4.74 Å². The molecule has 0 N–H and O–H groups in total. The lowest BCUT2D eigenvalue weighted by Crippen LogP contribution is -2.42. The monoisotopic (exact) mass is 515 g/mol. The molecular formula is C29H41NOS3. The second-order valence-electron chi connectivity index (χ2n) is 12.2. The van der Waals surface area contributed by atoms with Gasteiger partial charge in [0.1, 0.15) is 5.75 Å². The van der Waals surface area contributed by atoms with Crippen LogP contribution in [-0.2, 0) is 28.5 Å². The Morgan fingerprint density at radius 3 is 2.26 bits per heavy atom. The summed E-state index contributed by atoms with van der Waals surface area (Å²) in [6.07, 6.45) is 2.16. The van der Waals surface area contributed by atoms with Crippen molar-refractivity contribution in [3.05, 3.63) is 50.0 Å². The molecule has 1 aromatic carbocycles. The first-order chi connectivity index (χ1) is 15.7. The van der Waals surface area contributed by atoms with E-state index in [1.54, 1.807) is 12.0 Å². The van der Waals surface area contributed by atoms with Crippen LogP contribution in [0.25, 0.3) is 10.1 Å². The summed E-state index contributed by atoms with van der Waals surface area (Å²) < 4.78 is 6.92. The van der Waals surface area contributed by atoms with E-state index in [0.717, 1.165) is 31.7 Å². The quantitative estimate of drug-likeness (QED) is 0.342. The summed E-state index contributed by atoms with van der Waals surface area (Å²) in [6.45, 7) is 20.5. The van der Waals surface area contributed by atoms with Crippen LogP contribution in [0.1, 0.15) is 87.6 Å². The third-order valence-corrected chi connectivity index (χ3v) is 10.7. The maximum Gasteiger partial charge on any atom is 0.127 e. The molecule has 5 heteroatoms. The van der Waals surface area contributed by atoms with Crippen molar-refractivity contribution in [2.75, 3.05) is 13.7 Å². The van der Waals surface area contributed by atoms with Crippen LogP contribution in [-0.4, -0.2) is 24.6 Å². The van der Waals surface area contributed by atoms with Crippen molar-refractivity contribution in [3.8, 4) is 5.75 Å². The largest absolute Gasteiger partial charge is 0.496 e. The molecule has 1 aliphatic rings. The number of fused-ring (bicyclic) bond motifs is 2. The molecule has 186 valence electrons. The standard InChI is InChI=1S/C29H41NOS3/c1-10-30-17-18-11-25(28(5,6)7)33-23(18)14-20(30)16-29(8,32)26-15-21-22(31-9)12-19(27(2,3)4)13-24(21)34-26/h11-13,15,20,32H,10,14,16-17H2,1-9H3. The zero-order valence-electron chi connectivity index (χ0n) is 22.3. The first-order valence-electron chi connectivity index (χ1n) is 12.4. The molecule has 2 atom stereocenters. The first kappa shape index (κ1) is 26.1. The van der Waals surface area contributed by atoms with Crippen LogP contribution in [0.3, 0.4) is 0 Å². The normalized spacial score (nSPS) is 19.3. The van der Waals surface area contributed by atoms with E-state index in [4.69, 9.17) is 17.4 Å². The average molecular weight is 516 g/mol. The molecule has 0 saturated heterocycles. The molecule has 0 bridgehead atoms. The molecule has 2 unspecified atom stereocenters. The van der Waals surface area contributed by atoms with E-state index in [2.05, 4.69) is 84.6 Å².